The molecule has 0 fully saturated rings. The average Bonchev–Trinajstić information content (AvgIpc) is 2.37. The fourth-order valence-electron chi connectivity index (χ4n) is 1.41. The highest BCUT2D eigenvalue weighted by Gasteiger charge is 2.22. The highest BCUT2D eigenvalue weighted by molar-refractivity contribution is 8.13. The van der Waals surface area contributed by atoms with E-state index in [0.29, 0.717) is 5.75 Å². The van der Waals surface area contributed by atoms with Crippen molar-refractivity contribution >= 4 is 16.9 Å². The Bertz CT molecular complexity index is 459. The maximum absolute atomic E-state index is 10.7. The van der Waals surface area contributed by atoms with Gasteiger partial charge in [-0.3, -0.25) is 9.78 Å². The van der Waals surface area contributed by atoms with Gasteiger partial charge < -0.3 is 10.2 Å². The number of carbonyl (C=O) groups excluding carboxylic acids is 1. The molecule has 0 saturated carbocycles. The third-order valence-corrected chi connectivity index (χ3v) is 3.17. The summed E-state index contributed by atoms with van der Waals surface area (Å²) in [6.45, 7) is 1.44. The summed E-state index contributed by atoms with van der Waals surface area (Å²) in [6.07, 6.45) is -0.546. The van der Waals surface area contributed by atoms with Crippen molar-refractivity contribution in [2.45, 2.75) is 25.6 Å². The van der Waals surface area contributed by atoms with Gasteiger partial charge in [-0.1, -0.05) is 11.8 Å². The quantitative estimate of drug-likeness (QED) is 0.826. The molecule has 0 aliphatic heterocycles. The summed E-state index contributed by atoms with van der Waals surface area (Å²) < 4.78 is 0. The van der Waals surface area contributed by atoms with Gasteiger partial charge in [0.1, 0.15) is 12.2 Å². The molecule has 1 aromatic rings. The first-order valence-corrected chi connectivity index (χ1v) is 6.39. The van der Waals surface area contributed by atoms with Crippen LogP contribution in [0.25, 0.3) is 0 Å². The van der Waals surface area contributed by atoms with Gasteiger partial charge in [-0.05, 0) is 18.6 Å². The Kier molecular flexibility index (Phi) is 5.78. The van der Waals surface area contributed by atoms with Crippen LogP contribution in [0, 0.1) is 11.3 Å². The van der Waals surface area contributed by atoms with Crippen molar-refractivity contribution in [3.8, 4) is 6.07 Å². The van der Waals surface area contributed by atoms with E-state index in [-0.39, 0.29) is 22.8 Å². The molecule has 1 heterocycles. The number of thioether (sulfide) groups is 1. The first-order chi connectivity index (χ1) is 8.56. The minimum absolute atomic E-state index is 0.0350. The number of rotatable bonds is 5. The second-order valence-corrected chi connectivity index (χ2v) is 4.96. The van der Waals surface area contributed by atoms with E-state index in [4.69, 9.17) is 5.26 Å². The van der Waals surface area contributed by atoms with Crippen LogP contribution in [0.5, 0.6) is 0 Å². The molecular formula is C12H14N2O3S. The summed E-state index contributed by atoms with van der Waals surface area (Å²) in [6, 6.07) is 5.03. The lowest BCUT2D eigenvalue weighted by Gasteiger charge is -2.17. The van der Waals surface area contributed by atoms with E-state index in [0.717, 1.165) is 11.8 Å². The van der Waals surface area contributed by atoms with Gasteiger partial charge in [0.2, 0.25) is 0 Å². The number of hydrogen-bond donors (Lipinski definition) is 2. The van der Waals surface area contributed by atoms with Crippen LogP contribution in [0.3, 0.4) is 0 Å². The Labute approximate surface area is 109 Å². The maximum Gasteiger partial charge on any atom is 0.185 e. The smallest absolute Gasteiger partial charge is 0.185 e. The van der Waals surface area contributed by atoms with Crippen LogP contribution in [-0.4, -0.2) is 32.2 Å². The van der Waals surface area contributed by atoms with Gasteiger partial charge in [-0.15, -0.1) is 0 Å². The Morgan fingerprint density at radius 3 is 2.94 bits per heavy atom. The second kappa shape index (κ2) is 7.11. The van der Waals surface area contributed by atoms with Crippen molar-refractivity contribution in [2.75, 3.05) is 5.75 Å². The molecule has 1 rings (SSSR count). The lowest BCUT2D eigenvalue weighted by atomic mass is 10.0. The van der Waals surface area contributed by atoms with Gasteiger partial charge in [0.25, 0.3) is 0 Å². The monoisotopic (exact) mass is 266 g/mol. The van der Waals surface area contributed by atoms with E-state index >= 15 is 0 Å². The molecule has 0 spiro atoms. The van der Waals surface area contributed by atoms with E-state index in [1.807, 2.05) is 6.07 Å². The SMILES string of the molecule is CC(=O)SCCC(O)C(O)c1ncccc1C#N. The molecule has 2 atom stereocenters. The summed E-state index contributed by atoms with van der Waals surface area (Å²) in [7, 11) is 0. The Hall–Kier alpha value is -1.42. The van der Waals surface area contributed by atoms with Crippen molar-refractivity contribution in [1.29, 1.82) is 5.26 Å². The van der Waals surface area contributed by atoms with Gasteiger partial charge in [0, 0.05) is 18.9 Å². The van der Waals surface area contributed by atoms with Crippen molar-refractivity contribution in [3.05, 3.63) is 29.6 Å². The zero-order valence-electron chi connectivity index (χ0n) is 9.91. The summed E-state index contributed by atoms with van der Waals surface area (Å²) in [5.41, 5.74) is 0.406. The molecule has 5 nitrogen and oxygen atoms in total. The van der Waals surface area contributed by atoms with E-state index in [9.17, 15) is 15.0 Å². The van der Waals surface area contributed by atoms with Gasteiger partial charge >= 0.3 is 0 Å². The standard InChI is InChI=1S/C12H14N2O3S/c1-8(15)18-6-4-10(16)12(17)11-9(7-13)3-2-5-14-11/h2-3,5,10,12,16-17H,4,6H2,1H3. The van der Waals surface area contributed by atoms with Gasteiger partial charge in [0.15, 0.2) is 5.12 Å². The van der Waals surface area contributed by atoms with Gasteiger partial charge in [-0.2, -0.15) is 5.26 Å². The van der Waals surface area contributed by atoms with Crippen LogP contribution < -0.4 is 0 Å². The summed E-state index contributed by atoms with van der Waals surface area (Å²) in [4.78, 5) is 14.6. The average molecular weight is 266 g/mol. The number of aliphatic hydroxyl groups excluding tert-OH is 2. The molecule has 0 saturated heterocycles. The number of aromatic nitrogens is 1. The summed E-state index contributed by atoms with van der Waals surface area (Å²) in [5.74, 6) is 0.419. The maximum atomic E-state index is 10.7. The summed E-state index contributed by atoms with van der Waals surface area (Å²) in [5, 5.41) is 28.5. The highest BCUT2D eigenvalue weighted by Crippen LogP contribution is 2.21. The minimum Gasteiger partial charge on any atom is -0.390 e. The highest BCUT2D eigenvalue weighted by atomic mass is 32.2. The summed E-state index contributed by atoms with van der Waals surface area (Å²) >= 11 is 1.09. The van der Waals surface area contributed by atoms with Crippen LogP contribution in [-0.2, 0) is 4.79 Å². The molecule has 1 aromatic heterocycles. The second-order valence-electron chi connectivity index (χ2n) is 3.69. The Balaban J connectivity index is 2.65. The number of nitriles is 1. The minimum atomic E-state index is -1.21. The predicted molar refractivity (Wildman–Crippen MR) is 67.7 cm³/mol. The molecule has 0 bridgehead atoms. The molecule has 96 valence electrons. The number of hydrogen-bond acceptors (Lipinski definition) is 6. The molecule has 2 N–H and O–H groups in total. The van der Waals surface area contributed by atoms with E-state index in [1.165, 1.54) is 19.2 Å². The van der Waals surface area contributed by atoms with Gasteiger partial charge in [-0.25, -0.2) is 0 Å². The lowest BCUT2D eigenvalue weighted by molar-refractivity contribution is -0.109. The Morgan fingerprint density at radius 2 is 2.33 bits per heavy atom. The number of aliphatic hydroxyl groups is 2. The van der Waals surface area contributed by atoms with Gasteiger partial charge in [0.05, 0.1) is 17.4 Å². The fraction of sp³-hybridized carbons (Fsp3) is 0.417. The molecule has 2 unspecified atom stereocenters. The molecule has 0 radical (unpaired) electrons. The van der Waals surface area contributed by atoms with Crippen molar-refractivity contribution in [1.82, 2.24) is 4.98 Å². The number of carbonyl (C=O) groups is 1. The van der Waals surface area contributed by atoms with Crippen LogP contribution in [0.4, 0.5) is 0 Å². The molecule has 0 aromatic carbocycles. The zero-order valence-corrected chi connectivity index (χ0v) is 10.7. The number of pyridine rings is 1. The van der Waals surface area contributed by atoms with Crippen molar-refractivity contribution in [2.24, 2.45) is 0 Å². The normalized spacial score (nSPS) is 13.7. The van der Waals surface area contributed by atoms with Crippen molar-refractivity contribution in [3.63, 3.8) is 0 Å². The van der Waals surface area contributed by atoms with Crippen LogP contribution >= 0.6 is 11.8 Å². The number of nitrogens with zero attached hydrogens (tertiary/aromatic N) is 2. The van der Waals surface area contributed by atoms with Crippen LogP contribution in [0.1, 0.15) is 30.7 Å². The largest absolute Gasteiger partial charge is 0.390 e. The first kappa shape index (κ1) is 14.6. The van der Waals surface area contributed by atoms with E-state index in [2.05, 4.69) is 4.98 Å². The lowest BCUT2D eigenvalue weighted by Crippen LogP contribution is -2.21. The fourth-order valence-corrected chi connectivity index (χ4v) is 2.06. The third-order valence-electron chi connectivity index (χ3n) is 2.32. The molecule has 0 amide bonds. The van der Waals surface area contributed by atoms with Crippen LogP contribution in [0.15, 0.2) is 18.3 Å². The van der Waals surface area contributed by atoms with E-state index < -0.39 is 12.2 Å². The third kappa shape index (κ3) is 4.11. The molecule has 0 aliphatic carbocycles. The molecule has 6 heteroatoms. The molecule has 0 aliphatic rings. The topological polar surface area (TPSA) is 94.2 Å². The molecule has 18 heavy (non-hydrogen) atoms. The zero-order chi connectivity index (χ0) is 13.5. The van der Waals surface area contributed by atoms with Crippen molar-refractivity contribution < 1.29 is 15.0 Å². The van der Waals surface area contributed by atoms with Crippen LogP contribution in [0.2, 0.25) is 0 Å². The predicted octanol–water partition coefficient (Wildman–Crippen LogP) is 1.02. The first-order valence-electron chi connectivity index (χ1n) is 5.40. The molecular weight excluding hydrogens is 252 g/mol. The van der Waals surface area contributed by atoms with E-state index in [1.54, 1.807) is 6.07 Å². The Morgan fingerprint density at radius 1 is 1.61 bits per heavy atom.